The molecule has 2 aromatic rings. The van der Waals surface area contributed by atoms with E-state index in [-0.39, 0.29) is 0 Å². The van der Waals surface area contributed by atoms with Crippen LogP contribution in [0.15, 0.2) is 59.7 Å². The van der Waals surface area contributed by atoms with Gasteiger partial charge in [0.05, 0.1) is 0 Å². The van der Waals surface area contributed by atoms with Gasteiger partial charge in [-0.3, -0.25) is 0 Å². The van der Waals surface area contributed by atoms with Crippen molar-refractivity contribution in [2.75, 3.05) is 6.38 Å². The van der Waals surface area contributed by atoms with E-state index in [2.05, 4.69) is 86.1 Å². The van der Waals surface area contributed by atoms with E-state index in [4.69, 9.17) is 0 Å². The summed E-state index contributed by atoms with van der Waals surface area (Å²) in [4.78, 5) is 0. The average Bonchev–Trinajstić information content (AvgIpc) is 3.07. The number of benzene rings is 2. The molecule has 0 N–H and O–H groups in total. The minimum absolute atomic E-state index is 0.616. The Hall–Kier alpha value is -0.907. The van der Waals surface area contributed by atoms with Crippen molar-refractivity contribution in [3.63, 3.8) is 0 Å². The molecule has 116 valence electrons. The second-order valence-corrected chi connectivity index (χ2v) is 9.72. The average molecular weight is 400 g/mol. The van der Waals surface area contributed by atoms with Gasteiger partial charge in [0.15, 0.2) is 0 Å². The van der Waals surface area contributed by atoms with Gasteiger partial charge in [-0.2, -0.15) is 0 Å². The molecule has 0 aromatic heterocycles. The first-order valence-electron chi connectivity index (χ1n) is 7.92. The maximum atomic E-state index is 4.64. The van der Waals surface area contributed by atoms with Crippen molar-refractivity contribution in [1.82, 2.24) is 0 Å². The van der Waals surface area contributed by atoms with Gasteiger partial charge in [-0.05, 0) is 0 Å². The fourth-order valence-electron chi connectivity index (χ4n) is 3.57. The molecule has 2 aliphatic rings. The molecule has 2 heteroatoms. The molecule has 23 heavy (non-hydrogen) atoms. The Kier molecular flexibility index (Phi) is 5.39. The van der Waals surface area contributed by atoms with E-state index in [1.165, 1.54) is 17.5 Å². The van der Waals surface area contributed by atoms with E-state index < -0.39 is 23.2 Å². The molecular formula is C21H21ClZr. The zero-order valence-electron chi connectivity index (χ0n) is 13.8. The minimum atomic E-state index is -0.616. The minimum Gasteiger partial charge on any atom is -0.130 e. The Morgan fingerprint density at radius 1 is 0.696 bits per heavy atom. The van der Waals surface area contributed by atoms with Gasteiger partial charge in [-0.1, -0.05) is 0 Å². The van der Waals surface area contributed by atoms with Gasteiger partial charge in [0.2, 0.25) is 0 Å². The molecule has 0 aliphatic heterocycles. The van der Waals surface area contributed by atoms with E-state index in [1.807, 2.05) is 0 Å². The molecule has 0 saturated carbocycles. The summed E-state index contributed by atoms with van der Waals surface area (Å²) in [7, 11) is 0. The maximum absolute atomic E-state index is 4.64. The largest absolute Gasteiger partial charge is 0.130 e. The van der Waals surface area contributed by atoms with Crippen molar-refractivity contribution >= 4 is 23.8 Å². The van der Waals surface area contributed by atoms with E-state index in [9.17, 15) is 0 Å². The molecule has 0 bridgehead atoms. The van der Waals surface area contributed by atoms with Crippen molar-refractivity contribution in [2.24, 2.45) is 0 Å². The topological polar surface area (TPSA) is 0 Å². The number of hydrogen-bond donors (Lipinski definition) is 0. The van der Waals surface area contributed by atoms with Gasteiger partial charge in [0.1, 0.15) is 0 Å². The van der Waals surface area contributed by atoms with E-state index in [0.29, 0.717) is 0 Å². The van der Waals surface area contributed by atoms with Crippen LogP contribution in [0.3, 0.4) is 0 Å². The molecule has 0 spiro atoms. The molecule has 0 amide bonds. The number of allylic oxidation sites excluding steroid dienone is 2. The van der Waals surface area contributed by atoms with Crippen molar-refractivity contribution in [1.29, 1.82) is 0 Å². The summed E-state index contributed by atoms with van der Waals surface area (Å²) in [6.45, 7) is 4.65. The van der Waals surface area contributed by atoms with Crippen molar-refractivity contribution in [2.45, 2.75) is 21.1 Å². The van der Waals surface area contributed by atoms with Crippen LogP contribution in [0, 0.1) is 0 Å². The number of halogens is 1. The molecule has 2 aromatic carbocycles. The Bertz CT molecular complexity index is 707. The predicted octanol–water partition coefficient (Wildman–Crippen LogP) is 6.24. The molecule has 2 aliphatic carbocycles. The Morgan fingerprint density at radius 2 is 1.09 bits per heavy atom. The second kappa shape index (κ2) is 7.33. The summed E-state index contributed by atoms with van der Waals surface area (Å²) in [6, 6.07) is 17.9. The first-order chi connectivity index (χ1) is 11.2. The predicted molar refractivity (Wildman–Crippen MR) is 97.4 cm³/mol. The summed E-state index contributed by atoms with van der Waals surface area (Å²) < 4.78 is 1.48. The third-order valence-corrected chi connectivity index (χ3v) is 10.0. The number of fused-ring (bicyclic) bond motifs is 2. The van der Waals surface area contributed by atoms with Gasteiger partial charge in [-0.25, -0.2) is 0 Å². The summed E-state index contributed by atoms with van der Waals surface area (Å²) in [5, 5.41) is 0. The van der Waals surface area contributed by atoms with E-state index in [0.717, 1.165) is 7.25 Å². The van der Waals surface area contributed by atoms with Crippen LogP contribution >= 0.6 is 11.6 Å². The first-order valence-corrected chi connectivity index (χ1v) is 11.5. The van der Waals surface area contributed by atoms with Crippen LogP contribution in [0.5, 0.6) is 0 Å². The third-order valence-electron chi connectivity index (χ3n) is 4.62. The Balaban J connectivity index is 0.000000753. The van der Waals surface area contributed by atoms with E-state index in [1.54, 1.807) is 22.3 Å². The van der Waals surface area contributed by atoms with E-state index >= 15 is 0 Å². The molecular weight excluding hydrogens is 379 g/mol. The normalized spacial score (nSPS) is 20.7. The van der Waals surface area contributed by atoms with Crippen LogP contribution < -0.4 is 0 Å². The fourth-order valence-corrected chi connectivity index (χ4v) is 8.26. The molecule has 4 rings (SSSR count). The molecule has 0 fully saturated rings. The number of alkyl halides is 1. The summed E-state index contributed by atoms with van der Waals surface area (Å²) in [5.41, 5.74) is 9.24. The standard InChI is InChI=1S/2C10H9.CH3Cl.Zr/c2*1-8-6-9-4-2-3-5-10(9)7-8;1-2;/h2*2-7H,1H3;1H3;. The number of hydrogen-bond acceptors (Lipinski definition) is 0. The van der Waals surface area contributed by atoms with Gasteiger partial charge in [0.25, 0.3) is 0 Å². The summed E-state index contributed by atoms with van der Waals surface area (Å²) in [6.07, 6.45) is 6.28. The molecule has 2 atom stereocenters. The second-order valence-electron chi connectivity index (χ2n) is 6.07. The molecule has 2 unspecified atom stereocenters. The number of rotatable bonds is 2. The van der Waals surface area contributed by atoms with Crippen LogP contribution in [0.4, 0.5) is 0 Å². The molecule has 0 saturated heterocycles. The quantitative estimate of drug-likeness (QED) is 0.524. The van der Waals surface area contributed by atoms with Crippen LogP contribution in [0.25, 0.3) is 12.2 Å². The van der Waals surface area contributed by atoms with Gasteiger partial charge in [-0.15, -0.1) is 11.6 Å². The zero-order valence-corrected chi connectivity index (χ0v) is 17.0. The van der Waals surface area contributed by atoms with Crippen molar-refractivity contribution in [3.8, 4) is 0 Å². The zero-order chi connectivity index (χ0) is 16.4. The smallest absolute Gasteiger partial charge is 0.0108 e. The van der Waals surface area contributed by atoms with Gasteiger partial charge < -0.3 is 0 Å². The summed E-state index contributed by atoms with van der Waals surface area (Å²) >= 11 is 4.02. The van der Waals surface area contributed by atoms with Crippen LogP contribution in [-0.2, 0) is 23.2 Å². The van der Waals surface area contributed by atoms with Crippen LogP contribution in [0.2, 0.25) is 0 Å². The first kappa shape index (κ1) is 16.9. The fraction of sp³-hybridized carbons (Fsp3) is 0.238. The monoisotopic (exact) mass is 398 g/mol. The van der Waals surface area contributed by atoms with Crippen molar-refractivity contribution < 1.29 is 23.2 Å². The summed E-state index contributed by atoms with van der Waals surface area (Å²) in [5.74, 6) is 0. The molecule has 0 nitrogen and oxygen atoms in total. The molecule has 0 radical (unpaired) electrons. The maximum Gasteiger partial charge on any atom is 0.0108 e. The van der Waals surface area contributed by atoms with Gasteiger partial charge in [0, 0.05) is 6.38 Å². The van der Waals surface area contributed by atoms with Crippen LogP contribution in [0.1, 0.15) is 43.4 Å². The van der Waals surface area contributed by atoms with Crippen LogP contribution in [-0.4, -0.2) is 6.38 Å². The van der Waals surface area contributed by atoms with Gasteiger partial charge >= 0.3 is 138 Å². The SMILES string of the molecule is CC1=Cc2ccccc2[CH]1[Zr][CH]1C(C)=Cc2ccccc21.CCl. The Labute approximate surface area is 155 Å². The molecule has 0 heterocycles. The Morgan fingerprint density at radius 3 is 1.52 bits per heavy atom. The third kappa shape index (κ3) is 3.19. The van der Waals surface area contributed by atoms with Crippen molar-refractivity contribution in [3.05, 3.63) is 81.9 Å².